The number of halogens is 1. The van der Waals surface area contributed by atoms with E-state index in [0.717, 1.165) is 31.6 Å². The first-order chi connectivity index (χ1) is 11.7. The summed E-state index contributed by atoms with van der Waals surface area (Å²) in [5.74, 6) is 4.80. The minimum atomic E-state index is -0.325. The van der Waals surface area contributed by atoms with E-state index in [1.54, 1.807) is 30.3 Å². The van der Waals surface area contributed by atoms with Gasteiger partial charge in [-0.3, -0.25) is 10.2 Å². The summed E-state index contributed by atoms with van der Waals surface area (Å²) in [6.45, 7) is 1.64. The Bertz CT molecular complexity index is 698. The zero-order chi connectivity index (χ0) is 16.9. The van der Waals surface area contributed by atoms with Crippen LogP contribution in [0.15, 0.2) is 48.5 Å². The van der Waals surface area contributed by atoms with Crippen LogP contribution in [0.3, 0.4) is 0 Å². The quantitative estimate of drug-likeness (QED) is 0.514. The monoisotopic (exact) mass is 329 g/mol. The number of carbonyl (C=O) groups excluding carboxylic acids is 1. The minimum absolute atomic E-state index is 0.0143. The van der Waals surface area contributed by atoms with Gasteiger partial charge in [0.05, 0.1) is 0 Å². The molecule has 1 heterocycles. The van der Waals surface area contributed by atoms with E-state index in [1.807, 2.05) is 12.1 Å². The molecule has 2 aromatic rings. The van der Waals surface area contributed by atoms with Gasteiger partial charge in [-0.1, -0.05) is 12.1 Å². The molecule has 0 spiro atoms. The summed E-state index contributed by atoms with van der Waals surface area (Å²) in [6.07, 6.45) is 1.65. The summed E-state index contributed by atoms with van der Waals surface area (Å²) >= 11 is 0. The van der Waals surface area contributed by atoms with Crippen LogP contribution in [0, 0.1) is 5.82 Å². The number of rotatable bonds is 4. The highest BCUT2D eigenvalue weighted by molar-refractivity contribution is 5.94. The van der Waals surface area contributed by atoms with Gasteiger partial charge in [-0.25, -0.2) is 10.2 Å². The van der Waals surface area contributed by atoms with E-state index >= 15 is 0 Å². The third-order valence-corrected chi connectivity index (χ3v) is 4.20. The molecule has 0 aromatic heterocycles. The van der Waals surface area contributed by atoms with Gasteiger partial charge in [-0.2, -0.15) is 0 Å². The summed E-state index contributed by atoms with van der Waals surface area (Å²) < 4.78 is 19.4. The van der Waals surface area contributed by atoms with Crippen molar-refractivity contribution in [3.05, 3.63) is 59.9 Å². The minimum Gasteiger partial charge on any atom is -0.487 e. The van der Waals surface area contributed by atoms with Crippen molar-refractivity contribution in [3.63, 3.8) is 0 Å². The molecule has 126 valence electrons. The topological polar surface area (TPSA) is 67.6 Å². The highest BCUT2D eigenvalue weighted by atomic mass is 19.1. The molecular weight excluding hydrogens is 309 g/mol. The first kappa shape index (κ1) is 16.3. The largest absolute Gasteiger partial charge is 0.487 e. The molecule has 1 saturated heterocycles. The van der Waals surface area contributed by atoms with Gasteiger partial charge in [-0.05, 0) is 36.4 Å². The molecule has 1 aliphatic rings. The summed E-state index contributed by atoms with van der Waals surface area (Å²) in [6, 6.07) is 13.8. The molecule has 5 nitrogen and oxygen atoms in total. The zero-order valence-electron chi connectivity index (χ0n) is 13.2. The lowest BCUT2D eigenvalue weighted by atomic mass is 10.1. The Kier molecular flexibility index (Phi) is 4.96. The number of hydrogen-bond donors (Lipinski definition) is 2. The average Bonchev–Trinajstić information content (AvgIpc) is 2.64. The Labute approximate surface area is 140 Å². The number of carbonyl (C=O) groups is 1. The van der Waals surface area contributed by atoms with Crippen LogP contribution < -0.4 is 20.9 Å². The van der Waals surface area contributed by atoms with Crippen LogP contribution in [0.25, 0.3) is 0 Å². The van der Waals surface area contributed by atoms with Crippen molar-refractivity contribution in [1.82, 2.24) is 5.43 Å². The van der Waals surface area contributed by atoms with Crippen molar-refractivity contribution in [2.24, 2.45) is 5.84 Å². The number of nitrogens with one attached hydrogen (secondary N) is 1. The predicted molar refractivity (Wildman–Crippen MR) is 90.4 cm³/mol. The summed E-state index contributed by atoms with van der Waals surface area (Å²) in [7, 11) is 0. The molecule has 0 unspecified atom stereocenters. The normalized spacial score (nSPS) is 15.2. The maximum Gasteiger partial charge on any atom is 0.265 e. The van der Waals surface area contributed by atoms with E-state index in [-0.39, 0.29) is 17.8 Å². The second-order valence-electron chi connectivity index (χ2n) is 5.76. The van der Waals surface area contributed by atoms with E-state index in [4.69, 9.17) is 10.6 Å². The number of nitrogen functional groups attached to an aromatic ring is 1. The second kappa shape index (κ2) is 7.31. The standard InChI is InChI=1S/C18H20FN3O2/c19-16-3-1-2-4-17(16)24-15-9-11-22(12-10-15)14-7-5-13(6-8-14)18(23)21-20/h1-8,15H,9-12,20H2,(H,21,23). The molecule has 1 aliphatic heterocycles. The number of anilines is 1. The summed E-state index contributed by atoms with van der Waals surface area (Å²) in [4.78, 5) is 13.7. The molecule has 0 radical (unpaired) electrons. The molecule has 3 N–H and O–H groups in total. The van der Waals surface area contributed by atoms with Gasteiger partial charge in [0, 0.05) is 37.2 Å². The second-order valence-corrected chi connectivity index (χ2v) is 5.76. The molecule has 1 amide bonds. The number of hydrazine groups is 1. The van der Waals surface area contributed by atoms with Crippen molar-refractivity contribution in [1.29, 1.82) is 0 Å². The fraction of sp³-hybridized carbons (Fsp3) is 0.278. The number of ether oxygens (including phenoxy) is 1. The molecule has 6 heteroatoms. The van der Waals surface area contributed by atoms with Crippen molar-refractivity contribution in [2.75, 3.05) is 18.0 Å². The fourth-order valence-corrected chi connectivity index (χ4v) is 2.86. The van der Waals surface area contributed by atoms with Crippen LogP contribution in [0.5, 0.6) is 5.75 Å². The highest BCUT2D eigenvalue weighted by Gasteiger charge is 2.21. The third-order valence-electron chi connectivity index (χ3n) is 4.20. The fourth-order valence-electron chi connectivity index (χ4n) is 2.86. The molecular formula is C18H20FN3O2. The maximum absolute atomic E-state index is 13.6. The Morgan fingerprint density at radius 3 is 2.42 bits per heavy atom. The molecule has 2 aromatic carbocycles. The van der Waals surface area contributed by atoms with Crippen molar-refractivity contribution in [2.45, 2.75) is 18.9 Å². The number of benzene rings is 2. The first-order valence-corrected chi connectivity index (χ1v) is 7.94. The number of amides is 1. The summed E-state index contributed by atoms with van der Waals surface area (Å²) in [5.41, 5.74) is 3.69. The Hall–Kier alpha value is -2.60. The Balaban J connectivity index is 1.57. The van der Waals surface area contributed by atoms with Gasteiger partial charge >= 0.3 is 0 Å². The number of hydrogen-bond acceptors (Lipinski definition) is 4. The maximum atomic E-state index is 13.6. The summed E-state index contributed by atoms with van der Waals surface area (Å²) in [5, 5.41) is 0. The number of nitrogens with zero attached hydrogens (tertiary/aromatic N) is 1. The van der Waals surface area contributed by atoms with Gasteiger partial charge < -0.3 is 9.64 Å². The van der Waals surface area contributed by atoms with E-state index in [2.05, 4.69) is 10.3 Å². The SMILES string of the molecule is NNC(=O)c1ccc(N2CCC(Oc3ccccc3F)CC2)cc1. The first-order valence-electron chi connectivity index (χ1n) is 7.94. The third kappa shape index (κ3) is 3.65. The van der Waals surface area contributed by atoms with Crippen LogP contribution in [0.4, 0.5) is 10.1 Å². The lowest BCUT2D eigenvalue weighted by molar-refractivity contribution is 0.0953. The van der Waals surface area contributed by atoms with Gasteiger partial charge in [0.1, 0.15) is 6.10 Å². The van der Waals surface area contributed by atoms with Gasteiger partial charge in [-0.15, -0.1) is 0 Å². The molecule has 0 atom stereocenters. The Morgan fingerprint density at radius 1 is 1.12 bits per heavy atom. The molecule has 1 fully saturated rings. The van der Waals surface area contributed by atoms with E-state index in [0.29, 0.717) is 11.3 Å². The van der Waals surface area contributed by atoms with Crippen LogP contribution in [-0.4, -0.2) is 25.1 Å². The van der Waals surface area contributed by atoms with Gasteiger partial charge in [0.25, 0.3) is 5.91 Å². The smallest absolute Gasteiger partial charge is 0.265 e. The van der Waals surface area contributed by atoms with E-state index < -0.39 is 0 Å². The van der Waals surface area contributed by atoms with Crippen LogP contribution in [0.2, 0.25) is 0 Å². The lowest BCUT2D eigenvalue weighted by Crippen LogP contribution is -2.38. The van der Waals surface area contributed by atoms with Crippen LogP contribution >= 0.6 is 0 Å². The Morgan fingerprint density at radius 2 is 1.79 bits per heavy atom. The van der Waals surface area contributed by atoms with Crippen molar-refractivity contribution in [3.8, 4) is 5.75 Å². The number of para-hydroxylation sites is 1. The lowest BCUT2D eigenvalue weighted by Gasteiger charge is -2.33. The highest BCUT2D eigenvalue weighted by Crippen LogP contribution is 2.25. The van der Waals surface area contributed by atoms with Gasteiger partial charge in [0.2, 0.25) is 0 Å². The van der Waals surface area contributed by atoms with E-state index in [1.165, 1.54) is 6.07 Å². The molecule has 0 aliphatic carbocycles. The number of piperidine rings is 1. The number of nitrogens with two attached hydrogens (primary N) is 1. The average molecular weight is 329 g/mol. The molecule has 3 rings (SSSR count). The molecule has 0 bridgehead atoms. The van der Waals surface area contributed by atoms with E-state index in [9.17, 15) is 9.18 Å². The van der Waals surface area contributed by atoms with Crippen molar-refractivity contribution >= 4 is 11.6 Å². The van der Waals surface area contributed by atoms with Crippen LogP contribution in [0.1, 0.15) is 23.2 Å². The predicted octanol–water partition coefficient (Wildman–Crippen LogP) is 2.48. The van der Waals surface area contributed by atoms with Gasteiger partial charge in [0.15, 0.2) is 11.6 Å². The van der Waals surface area contributed by atoms with Crippen molar-refractivity contribution < 1.29 is 13.9 Å². The zero-order valence-corrected chi connectivity index (χ0v) is 13.2. The van der Waals surface area contributed by atoms with Crippen LogP contribution in [-0.2, 0) is 0 Å². The molecule has 0 saturated carbocycles. The molecule has 24 heavy (non-hydrogen) atoms.